The van der Waals surface area contributed by atoms with E-state index in [9.17, 15) is 4.79 Å². The summed E-state index contributed by atoms with van der Waals surface area (Å²) in [4.78, 5) is 12.0. The summed E-state index contributed by atoms with van der Waals surface area (Å²) in [7, 11) is 4.63. The molecule has 2 aromatic rings. The maximum absolute atomic E-state index is 12.0. The van der Waals surface area contributed by atoms with Gasteiger partial charge in [0, 0.05) is 0 Å². The summed E-state index contributed by atoms with van der Waals surface area (Å²) in [6, 6.07) is 7.87. The SMILES string of the molecule is COC(=O)c1cc2c(cc1OC)CCc1c-2ccc(OC)c1C. The molecule has 0 N–H and O–H groups in total. The maximum Gasteiger partial charge on any atom is 0.341 e. The molecule has 0 radical (unpaired) electrons. The van der Waals surface area contributed by atoms with Crippen LogP contribution in [-0.4, -0.2) is 27.3 Å². The van der Waals surface area contributed by atoms with E-state index in [1.54, 1.807) is 14.2 Å². The molecule has 0 saturated carbocycles. The molecule has 2 aromatic carbocycles. The Kier molecular flexibility index (Phi) is 3.99. The van der Waals surface area contributed by atoms with Gasteiger partial charge >= 0.3 is 5.97 Å². The number of benzene rings is 2. The number of carbonyl (C=O) groups is 1. The zero-order chi connectivity index (χ0) is 16.6. The van der Waals surface area contributed by atoms with Gasteiger partial charge in [0.25, 0.3) is 0 Å². The molecule has 4 nitrogen and oxygen atoms in total. The van der Waals surface area contributed by atoms with E-state index in [-0.39, 0.29) is 5.97 Å². The van der Waals surface area contributed by atoms with E-state index in [2.05, 4.69) is 13.0 Å². The van der Waals surface area contributed by atoms with Gasteiger partial charge in [-0.1, -0.05) is 6.07 Å². The summed E-state index contributed by atoms with van der Waals surface area (Å²) in [6.45, 7) is 2.08. The molecule has 0 aliphatic heterocycles. The van der Waals surface area contributed by atoms with Gasteiger partial charge in [-0.25, -0.2) is 4.79 Å². The van der Waals surface area contributed by atoms with Crippen molar-refractivity contribution in [3.63, 3.8) is 0 Å². The fourth-order valence-electron chi connectivity index (χ4n) is 3.31. The van der Waals surface area contributed by atoms with E-state index in [0.29, 0.717) is 11.3 Å². The molecule has 0 unspecified atom stereocenters. The van der Waals surface area contributed by atoms with Crippen LogP contribution in [0.5, 0.6) is 11.5 Å². The number of hydrogen-bond acceptors (Lipinski definition) is 4. The maximum atomic E-state index is 12.0. The van der Waals surface area contributed by atoms with Gasteiger partial charge in [-0.3, -0.25) is 0 Å². The Morgan fingerprint density at radius 2 is 1.70 bits per heavy atom. The van der Waals surface area contributed by atoms with Crippen LogP contribution < -0.4 is 9.47 Å². The van der Waals surface area contributed by atoms with Crippen molar-refractivity contribution in [2.75, 3.05) is 21.3 Å². The smallest absolute Gasteiger partial charge is 0.341 e. The quantitative estimate of drug-likeness (QED) is 0.813. The highest BCUT2D eigenvalue weighted by atomic mass is 16.5. The van der Waals surface area contributed by atoms with Crippen LogP contribution in [0.4, 0.5) is 0 Å². The van der Waals surface area contributed by atoms with Gasteiger partial charge < -0.3 is 14.2 Å². The second kappa shape index (κ2) is 5.95. The van der Waals surface area contributed by atoms with Crippen molar-refractivity contribution >= 4 is 5.97 Å². The van der Waals surface area contributed by atoms with Gasteiger partial charge in [0.05, 0.1) is 21.3 Å². The summed E-state index contributed by atoms with van der Waals surface area (Å²) in [5.74, 6) is 1.07. The number of esters is 1. The number of aryl methyl sites for hydroxylation is 1. The first kappa shape index (κ1) is 15.4. The first-order valence-corrected chi connectivity index (χ1v) is 7.56. The molecule has 0 saturated heterocycles. The van der Waals surface area contributed by atoms with Crippen LogP contribution in [0.2, 0.25) is 0 Å². The standard InChI is InChI=1S/C19H20O4/c1-11-13-6-5-12-9-18(22-3)16(19(20)23-4)10-15(12)14(13)7-8-17(11)21-2/h7-10H,5-6H2,1-4H3. The second-order valence-electron chi connectivity index (χ2n) is 5.62. The van der Waals surface area contributed by atoms with Crippen LogP contribution in [-0.2, 0) is 17.6 Å². The summed E-state index contributed by atoms with van der Waals surface area (Å²) < 4.78 is 15.7. The number of fused-ring (bicyclic) bond motifs is 3. The van der Waals surface area contributed by atoms with E-state index >= 15 is 0 Å². The van der Waals surface area contributed by atoms with E-state index in [1.807, 2.05) is 18.2 Å². The average molecular weight is 312 g/mol. The molecule has 0 heterocycles. The van der Waals surface area contributed by atoms with Crippen molar-refractivity contribution in [2.45, 2.75) is 19.8 Å². The predicted octanol–water partition coefficient (Wildman–Crippen LogP) is 3.56. The largest absolute Gasteiger partial charge is 0.496 e. The lowest BCUT2D eigenvalue weighted by Gasteiger charge is -2.24. The Morgan fingerprint density at radius 1 is 0.957 bits per heavy atom. The van der Waals surface area contributed by atoms with Crippen LogP contribution >= 0.6 is 0 Å². The first-order chi connectivity index (χ1) is 11.1. The summed E-state index contributed by atoms with van der Waals surface area (Å²) >= 11 is 0. The molecule has 120 valence electrons. The van der Waals surface area contributed by atoms with E-state index in [4.69, 9.17) is 14.2 Å². The predicted molar refractivity (Wildman–Crippen MR) is 88.5 cm³/mol. The minimum Gasteiger partial charge on any atom is -0.496 e. The van der Waals surface area contributed by atoms with Gasteiger partial charge in [0.1, 0.15) is 17.1 Å². The minimum absolute atomic E-state index is 0.387. The molecular formula is C19H20O4. The van der Waals surface area contributed by atoms with Crippen LogP contribution in [0.25, 0.3) is 11.1 Å². The molecule has 0 atom stereocenters. The van der Waals surface area contributed by atoms with Crippen molar-refractivity contribution < 1.29 is 19.0 Å². The molecule has 0 spiro atoms. The summed E-state index contributed by atoms with van der Waals surface area (Å²) in [5.41, 5.74) is 6.29. The second-order valence-corrected chi connectivity index (χ2v) is 5.62. The molecular weight excluding hydrogens is 292 g/mol. The van der Waals surface area contributed by atoms with Crippen LogP contribution in [0.3, 0.4) is 0 Å². The minimum atomic E-state index is -0.387. The number of ether oxygens (including phenoxy) is 3. The summed E-state index contributed by atoms with van der Waals surface area (Å²) in [5, 5.41) is 0. The molecule has 1 aliphatic carbocycles. The summed E-state index contributed by atoms with van der Waals surface area (Å²) in [6.07, 6.45) is 1.86. The lowest BCUT2D eigenvalue weighted by molar-refractivity contribution is 0.0597. The number of methoxy groups -OCH3 is 3. The fourth-order valence-corrected chi connectivity index (χ4v) is 3.31. The Bertz CT molecular complexity index is 777. The lowest BCUT2D eigenvalue weighted by atomic mass is 9.82. The molecule has 4 heteroatoms. The van der Waals surface area contributed by atoms with E-state index in [1.165, 1.54) is 18.2 Å². The van der Waals surface area contributed by atoms with Crippen LogP contribution in [0.1, 0.15) is 27.0 Å². The Balaban J connectivity index is 2.22. The van der Waals surface area contributed by atoms with Crippen molar-refractivity contribution in [1.82, 2.24) is 0 Å². The third-order valence-electron chi connectivity index (χ3n) is 4.53. The van der Waals surface area contributed by atoms with Crippen molar-refractivity contribution in [3.8, 4) is 22.6 Å². The highest BCUT2D eigenvalue weighted by molar-refractivity contribution is 5.95. The van der Waals surface area contributed by atoms with Gasteiger partial charge in [0.15, 0.2) is 0 Å². The van der Waals surface area contributed by atoms with Gasteiger partial charge in [-0.2, -0.15) is 0 Å². The monoisotopic (exact) mass is 312 g/mol. The molecule has 0 amide bonds. The number of carbonyl (C=O) groups excluding carboxylic acids is 1. The van der Waals surface area contributed by atoms with Gasteiger partial charge in [0.2, 0.25) is 0 Å². The Morgan fingerprint density at radius 3 is 2.35 bits per heavy atom. The van der Waals surface area contributed by atoms with Crippen LogP contribution in [0, 0.1) is 6.92 Å². The molecule has 23 heavy (non-hydrogen) atoms. The number of rotatable bonds is 3. The van der Waals surface area contributed by atoms with Crippen molar-refractivity contribution in [1.29, 1.82) is 0 Å². The van der Waals surface area contributed by atoms with Gasteiger partial charge in [-0.15, -0.1) is 0 Å². The zero-order valence-corrected chi connectivity index (χ0v) is 13.9. The molecule has 3 rings (SSSR count). The van der Waals surface area contributed by atoms with E-state index < -0.39 is 0 Å². The first-order valence-electron chi connectivity index (χ1n) is 7.56. The van der Waals surface area contributed by atoms with E-state index in [0.717, 1.165) is 35.3 Å². The highest BCUT2D eigenvalue weighted by Crippen LogP contribution is 2.40. The number of hydrogen-bond donors (Lipinski definition) is 0. The third kappa shape index (κ3) is 2.44. The zero-order valence-electron chi connectivity index (χ0n) is 13.9. The molecule has 0 aromatic heterocycles. The third-order valence-corrected chi connectivity index (χ3v) is 4.53. The van der Waals surface area contributed by atoms with Gasteiger partial charge in [-0.05, 0) is 65.8 Å². The Hall–Kier alpha value is -2.49. The van der Waals surface area contributed by atoms with Crippen molar-refractivity contribution in [2.24, 2.45) is 0 Å². The fraction of sp³-hybridized carbons (Fsp3) is 0.316. The Labute approximate surface area is 136 Å². The average Bonchev–Trinajstić information content (AvgIpc) is 2.59. The van der Waals surface area contributed by atoms with Crippen LogP contribution in [0.15, 0.2) is 24.3 Å². The molecule has 1 aliphatic rings. The topological polar surface area (TPSA) is 44.8 Å². The molecule has 0 fully saturated rings. The van der Waals surface area contributed by atoms with Crippen molar-refractivity contribution in [3.05, 3.63) is 46.5 Å². The lowest BCUT2D eigenvalue weighted by Crippen LogP contribution is -2.10. The molecule has 0 bridgehead atoms. The highest BCUT2D eigenvalue weighted by Gasteiger charge is 2.23. The normalized spacial score (nSPS) is 12.2.